The molecular weight excluding hydrogens is 454 g/mol. The summed E-state index contributed by atoms with van der Waals surface area (Å²) in [5.74, 6) is 0.464. The molecule has 0 N–H and O–H groups in total. The van der Waals surface area contributed by atoms with Crippen molar-refractivity contribution in [2.75, 3.05) is 33.4 Å². The van der Waals surface area contributed by atoms with Gasteiger partial charge in [0.15, 0.2) is 0 Å². The number of hydrazone groups is 1. The van der Waals surface area contributed by atoms with E-state index in [2.05, 4.69) is 4.90 Å². The molecule has 0 spiro atoms. The molecule has 1 atom stereocenters. The normalized spacial score (nSPS) is 19.1. The summed E-state index contributed by atoms with van der Waals surface area (Å²) in [5, 5.41) is 7.02. The van der Waals surface area contributed by atoms with Crippen LogP contribution in [0.4, 0.5) is 0 Å². The number of halogens is 1. The molecule has 180 valence electrons. The van der Waals surface area contributed by atoms with Crippen LogP contribution in [0.25, 0.3) is 0 Å². The Balaban J connectivity index is 1.50. The number of carbonyl (C=O) groups excluding carboxylic acids is 2. The highest BCUT2D eigenvalue weighted by Crippen LogP contribution is 2.34. The van der Waals surface area contributed by atoms with Crippen LogP contribution in [0, 0.1) is 5.92 Å². The monoisotopic (exact) mass is 483 g/mol. The lowest BCUT2D eigenvalue weighted by Crippen LogP contribution is -2.43. The molecule has 2 heterocycles. The molecule has 2 aromatic rings. The van der Waals surface area contributed by atoms with E-state index in [9.17, 15) is 9.59 Å². The van der Waals surface area contributed by atoms with Gasteiger partial charge in [-0.15, -0.1) is 0 Å². The third-order valence-corrected chi connectivity index (χ3v) is 6.64. The van der Waals surface area contributed by atoms with E-state index < -0.39 is 0 Å². The van der Waals surface area contributed by atoms with E-state index in [1.54, 1.807) is 12.1 Å². The van der Waals surface area contributed by atoms with Crippen LogP contribution in [-0.4, -0.2) is 60.8 Å². The zero-order chi connectivity index (χ0) is 24.1. The number of hydrogen-bond acceptors (Lipinski definition) is 6. The number of esters is 1. The minimum absolute atomic E-state index is 0.0626. The molecule has 1 amide bonds. The van der Waals surface area contributed by atoms with Gasteiger partial charge >= 0.3 is 5.97 Å². The molecule has 2 aromatic carbocycles. The Morgan fingerprint density at radius 1 is 1.12 bits per heavy atom. The number of ether oxygens (including phenoxy) is 2. The van der Waals surface area contributed by atoms with Gasteiger partial charge in [-0.05, 0) is 62.7 Å². The first-order valence-corrected chi connectivity index (χ1v) is 12.0. The summed E-state index contributed by atoms with van der Waals surface area (Å²) in [6.45, 7) is 3.84. The molecule has 2 aliphatic heterocycles. The average molecular weight is 484 g/mol. The Morgan fingerprint density at radius 3 is 2.53 bits per heavy atom. The van der Waals surface area contributed by atoms with Crippen LogP contribution in [0.2, 0.25) is 5.02 Å². The maximum absolute atomic E-state index is 13.4. The minimum Gasteiger partial charge on any atom is -0.497 e. The molecule has 0 aliphatic carbocycles. The smallest absolute Gasteiger partial charge is 0.309 e. The van der Waals surface area contributed by atoms with Gasteiger partial charge in [-0.25, -0.2) is 5.01 Å². The van der Waals surface area contributed by atoms with E-state index in [4.69, 9.17) is 26.2 Å². The molecule has 34 heavy (non-hydrogen) atoms. The lowest BCUT2D eigenvalue weighted by molar-refractivity contribution is -0.149. The zero-order valence-corrected chi connectivity index (χ0v) is 20.3. The van der Waals surface area contributed by atoms with Crippen molar-refractivity contribution in [3.63, 3.8) is 0 Å². The standard InChI is InChI=1S/C26H30ClN3O4/c1-3-34-26(32)19-11-13-29(14-12-19)17-25(31)30-24(18-7-9-21(27)10-8-18)16-23(28-30)20-5-4-6-22(15-20)33-2/h4-10,15,19,24H,3,11-14,16-17H2,1-2H3. The van der Waals surface area contributed by atoms with Crippen molar-refractivity contribution in [1.29, 1.82) is 0 Å². The van der Waals surface area contributed by atoms with Crippen molar-refractivity contribution >= 4 is 29.2 Å². The average Bonchev–Trinajstić information content (AvgIpc) is 3.31. The number of amides is 1. The first kappa shape index (κ1) is 24.2. The Morgan fingerprint density at radius 2 is 1.85 bits per heavy atom. The van der Waals surface area contributed by atoms with Gasteiger partial charge in [0.25, 0.3) is 5.91 Å². The summed E-state index contributed by atoms with van der Waals surface area (Å²) in [7, 11) is 1.63. The number of rotatable bonds is 7. The number of hydrogen-bond donors (Lipinski definition) is 0. The van der Waals surface area contributed by atoms with Gasteiger partial charge in [0.05, 0.1) is 37.9 Å². The van der Waals surface area contributed by atoms with Crippen LogP contribution in [0.15, 0.2) is 53.6 Å². The van der Waals surface area contributed by atoms with Crippen molar-refractivity contribution in [3.05, 3.63) is 64.7 Å². The molecule has 2 aliphatic rings. The molecule has 0 bridgehead atoms. The van der Waals surface area contributed by atoms with Crippen LogP contribution in [0.5, 0.6) is 5.75 Å². The van der Waals surface area contributed by atoms with Gasteiger partial charge < -0.3 is 9.47 Å². The van der Waals surface area contributed by atoms with Crippen molar-refractivity contribution in [2.24, 2.45) is 11.0 Å². The Hall–Kier alpha value is -2.90. The number of likely N-dealkylation sites (tertiary alicyclic amines) is 1. The van der Waals surface area contributed by atoms with Crippen LogP contribution in [0.3, 0.4) is 0 Å². The molecule has 0 aromatic heterocycles. The van der Waals surface area contributed by atoms with E-state index >= 15 is 0 Å². The van der Waals surface area contributed by atoms with Crippen molar-refractivity contribution in [2.45, 2.75) is 32.2 Å². The number of carbonyl (C=O) groups is 2. The molecule has 8 heteroatoms. The second-order valence-corrected chi connectivity index (χ2v) is 9.03. The molecule has 1 saturated heterocycles. The summed E-state index contributed by atoms with van der Waals surface area (Å²) < 4.78 is 10.5. The molecular formula is C26H30ClN3O4. The first-order valence-electron chi connectivity index (χ1n) is 11.7. The molecule has 1 fully saturated rings. The highest BCUT2D eigenvalue weighted by Gasteiger charge is 2.35. The summed E-state index contributed by atoms with van der Waals surface area (Å²) in [4.78, 5) is 27.5. The van der Waals surface area contributed by atoms with Crippen molar-refractivity contribution in [1.82, 2.24) is 9.91 Å². The minimum atomic E-state index is -0.206. The van der Waals surface area contributed by atoms with Gasteiger partial charge in [0, 0.05) is 17.0 Å². The molecule has 1 unspecified atom stereocenters. The van der Waals surface area contributed by atoms with Crippen LogP contribution in [0.1, 0.15) is 43.4 Å². The lowest BCUT2D eigenvalue weighted by atomic mass is 9.97. The quantitative estimate of drug-likeness (QED) is 0.549. The van der Waals surface area contributed by atoms with E-state index in [-0.39, 0.29) is 30.4 Å². The third-order valence-electron chi connectivity index (χ3n) is 6.39. The van der Waals surface area contributed by atoms with E-state index in [1.807, 2.05) is 55.5 Å². The first-order chi connectivity index (χ1) is 16.5. The van der Waals surface area contributed by atoms with E-state index in [0.29, 0.717) is 44.0 Å². The fraction of sp³-hybridized carbons (Fsp3) is 0.423. The predicted molar refractivity (Wildman–Crippen MR) is 131 cm³/mol. The summed E-state index contributed by atoms with van der Waals surface area (Å²) in [6.07, 6.45) is 2.00. The van der Waals surface area contributed by atoms with Gasteiger partial charge in [0.1, 0.15) is 5.75 Å². The Bertz CT molecular complexity index is 1050. The van der Waals surface area contributed by atoms with E-state index in [0.717, 1.165) is 22.6 Å². The van der Waals surface area contributed by atoms with Crippen molar-refractivity contribution in [3.8, 4) is 5.75 Å². The maximum atomic E-state index is 13.4. The largest absolute Gasteiger partial charge is 0.497 e. The third kappa shape index (κ3) is 5.59. The number of piperidine rings is 1. The molecule has 4 rings (SSSR count). The number of nitrogens with zero attached hydrogens (tertiary/aromatic N) is 3. The van der Waals surface area contributed by atoms with Crippen LogP contribution >= 0.6 is 11.6 Å². The van der Waals surface area contributed by atoms with E-state index in [1.165, 1.54) is 0 Å². The highest BCUT2D eigenvalue weighted by molar-refractivity contribution is 6.30. The second kappa shape index (κ2) is 11.0. The summed E-state index contributed by atoms with van der Waals surface area (Å²) >= 11 is 6.10. The SMILES string of the molecule is CCOC(=O)C1CCN(CC(=O)N2N=C(c3cccc(OC)c3)CC2c2ccc(Cl)cc2)CC1. The van der Waals surface area contributed by atoms with Crippen LogP contribution < -0.4 is 4.74 Å². The van der Waals surface area contributed by atoms with Gasteiger partial charge in [-0.2, -0.15) is 5.10 Å². The Labute approximate surface area is 205 Å². The van der Waals surface area contributed by atoms with Gasteiger partial charge in [-0.1, -0.05) is 35.9 Å². The molecule has 7 nitrogen and oxygen atoms in total. The summed E-state index contributed by atoms with van der Waals surface area (Å²) in [6, 6.07) is 15.1. The summed E-state index contributed by atoms with van der Waals surface area (Å²) in [5.41, 5.74) is 2.76. The molecule has 0 radical (unpaired) electrons. The van der Waals surface area contributed by atoms with Crippen LogP contribution in [-0.2, 0) is 14.3 Å². The molecule has 0 saturated carbocycles. The second-order valence-electron chi connectivity index (χ2n) is 8.59. The number of methoxy groups -OCH3 is 1. The zero-order valence-electron chi connectivity index (χ0n) is 19.6. The fourth-order valence-corrected chi connectivity index (χ4v) is 4.64. The maximum Gasteiger partial charge on any atom is 0.309 e. The highest BCUT2D eigenvalue weighted by atomic mass is 35.5. The topological polar surface area (TPSA) is 71.4 Å². The number of benzene rings is 2. The predicted octanol–water partition coefficient (Wildman–Crippen LogP) is 4.30. The lowest BCUT2D eigenvalue weighted by Gasteiger charge is -2.31. The van der Waals surface area contributed by atoms with Gasteiger partial charge in [-0.3, -0.25) is 14.5 Å². The van der Waals surface area contributed by atoms with Gasteiger partial charge in [0.2, 0.25) is 0 Å². The Kier molecular flexibility index (Phi) is 7.85. The fourth-order valence-electron chi connectivity index (χ4n) is 4.51. The van der Waals surface area contributed by atoms with Crippen molar-refractivity contribution < 1.29 is 19.1 Å².